The van der Waals surface area contributed by atoms with Crippen molar-refractivity contribution in [1.29, 1.82) is 0 Å². The third-order valence-electron chi connectivity index (χ3n) is 4.00. The van der Waals surface area contributed by atoms with Gasteiger partial charge in [-0.2, -0.15) is 0 Å². The molecule has 1 N–H and O–H groups in total. The highest BCUT2D eigenvalue weighted by Crippen LogP contribution is 2.38. The van der Waals surface area contributed by atoms with Crippen LogP contribution < -0.4 is 15.8 Å². The van der Waals surface area contributed by atoms with E-state index >= 15 is 0 Å². The van der Waals surface area contributed by atoms with Crippen LogP contribution in [0.3, 0.4) is 0 Å². The van der Waals surface area contributed by atoms with Gasteiger partial charge in [0.25, 0.3) is 5.56 Å². The molecule has 0 unspecified atom stereocenters. The molecule has 2 heterocycles. The Morgan fingerprint density at radius 3 is 2.72 bits per heavy atom. The molecule has 0 aromatic carbocycles. The summed E-state index contributed by atoms with van der Waals surface area (Å²) in [5.41, 5.74) is 1.46. The molecule has 0 radical (unpaired) electrons. The molecule has 1 aliphatic rings. The molecule has 25 heavy (non-hydrogen) atoms. The summed E-state index contributed by atoms with van der Waals surface area (Å²) in [6, 6.07) is 3.40. The molecule has 132 valence electrons. The van der Waals surface area contributed by atoms with Crippen molar-refractivity contribution in [2.24, 2.45) is 0 Å². The third-order valence-corrected chi connectivity index (χ3v) is 4.00. The molecule has 0 spiro atoms. The number of aromatic nitrogens is 4. The molecule has 2 aromatic heterocycles. The van der Waals surface area contributed by atoms with E-state index in [-0.39, 0.29) is 24.6 Å². The van der Waals surface area contributed by atoms with Crippen LogP contribution in [-0.2, 0) is 17.9 Å². The number of nitrogens with zero attached hydrogens (tertiary/aromatic N) is 5. The highest BCUT2D eigenvalue weighted by Gasteiger charge is 2.25. The van der Waals surface area contributed by atoms with Crippen molar-refractivity contribution in [3.63, 3.8) is 0 Å². The second-order valence-corrected chi connectivity index (χ2v) is 6.51. The fourth-order valence-electron chi connectivity index (χ4n) is 2.47. The SMILES string of the molecule is Cc1cc(N(C)C)nc(CNC(=O)Cn2cnc(C3CC3)cc2=O)n1. The van der Waals surface area contributed by atoms with Crippen LogP contribution in [0.2, 0.25) is 0 Å². The number of rotatable bonds is 6. The lowest BCUT2D eigenvalue weighted by Gasteiger charge is -2.13. The van der Waals surface area contributed by atoms with E-state index in [1.165, 1.54) is 17.0 Å². The van der Waals surface area contributed by atoms with Gasteiger partial charge in [0, 0.05) is 37.8 Å². The molecule has 3 rings (SSSR count). The summed E-state index contributed by atoms with van der Waals surface area (Å²) in [5, 5.41) is 2.75. The van der Waals surface area contributed by atoms with Crippen LogP contribution in [0.4, 0.5) is 5.82 Å². The Morgan fingerprint density at radius 1 is 1.32 bits per heavy atom. The molecule has 1 fully saturated rings. The summed E-state index contributed by atoms with van der Waals surface area (Å²) in [5.74, 6) is 1.46. The van der Waals surface area contributed by atoms with Gasteiger partial charge in [-0.1, -0.05) is 0 Å². The topological polar surface area (TPSA) is 93.0 Å². The number of carbonyl (C=O) groups is 1. The maximum absolute atomic E-state index is 12.1. The minimum atomic E-state index is -0.278. The van der Waals surface area contributed by atoms with Gasteiger partial charge < -0.3 is 10.2 Å². The van der Waals surface area contributed by atoms with E-state index in [4.69, 9.17) is 0 Å². The predicted octanol–water partition coefficient (Wildman–Crippen LogP) is 0.602. The second kappa shape index (κ2) is 7.00. The number of amides is 1. The Bertz CT molecular complexity index is 841. The fourth-order valence-corrected chi connectivity index (χ4v) is 2.47. The summed E-state index contributed by atoms with van der Waals surface area (Å²) in [7, 11) is 3.80. The first-order valence-electron chi connectivity index (χ1n) is 8.27. The van der Waals surface area contributed by atoms with Gasteiger partial charge in [0.1, 0.15) is 18.2 Å². The van der Waals surface area contributed by atoms with E-state index in [2.05, 4.69) is 20.3 Å². The maximum atomic E-state index is 12.1. The Balaban J connectivity index is 1.60. The lowest BCUT2D eigenvalue weighted by atomic mass is 10.3. The molecule has 1 aliphatic carbocycles. The smallest absolute Gasteiger partial charge is 0.254 e. The van der Waals surface area contributed by atoms with Gasteiger partial charge in [-0.25, -0.2) is 15.0 Å². The van der Waals surface area contributed by atoms with Crippen LogP contribution in [0.5, 0.6) is 0 Å². The van der Waals surface area contributed by atoms with Crippen LogP contribution in [0.25, 0.3) is 0 Å². The van der Waals surface area contributed by atoms with Crippen molar-refractivity contribution < 1.29 is 4.79 Å². The molecular formula is C17H22N6O2. The highest BCUT2D eigenvalue weighted by molar-refractivity contribution is 5.75. The van der Waals surface area contributed by atoms with Crippen molar-refractivity contribution in [3.05, 3.63) is 46.0 Å². The maximum Gasteiger partial charge on any atom is 0.254 e. The highest BCUT2D eigenvalue weighted by atomic mass is 16.2. The van der Waals surface area contributed by atoms with E-state index < -0.39 is 0 Å². The molecule has 0 saturated heterocycles. The molecular weight excluding hydrogens is 320 g/mol. The second-order valence-electron chi connectivity index (χ2n) is 6.51. The van der Waals surface area contributed by atoms with Crippen LogP contribution >= 0.6 is 0 Å². The van der Waals surface area contributed by atoms with Crippen LogP contribution in [0.1, 0.15) is 36.0 Å². The number of carbonyl (C=O) groups excluding carboxylic acids is 1. The Labute approximate surface area is 145 Å². The largest absolute Gasteiger partial charge is 0.363 e. The lowest BCUT2D eigenvalue weighted by molar-refractivity contribution is -0.121. The Kier molecular flexibility index (Phi) is 4.78. The number of hydrogen-bond acceptors (Lipinski definition) is 6. The standard InChI is InChI=1S/C17H22N6O2/c1-11-6-15(22(2)3)21-14(20-11)8-18-16(24)9-23-10-19-13(7-17(23)25)12-4-5-12/h6-7,10,12H,4-5,8-9H2,1-3H3,(H,18,24). The van der Waals surface area contributed by atoms with Crippen molar-refractivity contribution >= 4 is 11.7 Å². The van der Waals surface area contributed by atoms with Crippen molar-refractivity contribution in [1.82, 2.24) is 24.8 Å². The predicted molar refractivity (Wildman–Crippen MR) is 93.4 cm³/mol. The van der Waals surface area contributed by atoms with Gasteiger partial charge in [-0.15, -0.1) is 0 Å². The molecule has 1 saturated carbocycles. The average Bonchev–Trinajstić information content (AvgIpc) is 3.39. The van der Waals surface area contributed by atoms with Crippen LogP contribution in [0, 0.1) is 6.92 Å². The van der Waals surface area contributed by atoms with Crippen molar-refractivity contribution in [3.8, 4) is 0 Å². The van der Waals surface area contributed by atoms with Gasteiger partial charge in [0.2, 0.25) is 5.91 Å². The van der Waals surface area contributed by atoms with E-state index in [1.54, 1.807) is 0 Å². The van der Waals surface area contributed by atoms with E-state index in [1.807, 2.05) is 32.0 Å². The molecule has 2 aromatic rings. The van der Waals surface area contributed by atoms with Gasteiger partial charge in [-0.05, 0) is 19.8 Å². The Morgan fingerprint density at radius 2 is 2.08 bits per heavy atom. The van der Waals surface area contributed by atoms with Crippen LogP contribution in [-0.4, -0.2) is 39.5 Å². The van der Waals surface area contributed by atoms with Crippen molar-refractivity contribution in [2.75, 3.05) is 19.0 Å². The molecule has 8 nitrogen and oxygen atoms in total. The van der Waals surface area contributed by atoms with Crippen LogP contribution in [0.15, 0.2) is 23.3 Å². The first-order valence-corrected chi connectivity index (χ1v) is 8.27. The molecule has 0 aliphatic heterocycles. The lowest BCUT2D eigenvalue weighted by Crippen LogP contribution is -2.32. The van der Waals surface area contributed by atoms with Gasteiger partial charge in [0.15, 0.2) is 0 Å². The summed E-state index contributed by atoms with van der Waals surface area (Å²) >= 11 is 0. The first kappa shape index (κ1) is 17.1. The quantitative estimate of drug-likeness (QED) is 0.826. The summed E-state index contributed by atoms with van der Waals surface area (Å²) in [6.07, 6.45) is 3.62. The zero-order chi connectivity index (χ0) is 18.0. The molecule has 8 heteroatoms. The zero-order valence-electron chi connectivity index (χ0n) is 14.7. The van der Waals surface area contributed by atoms with Gasteiger partial charge in [-0.3, -0.25) is 14.2 Å². The minimum absolute atomic E-state index is 0.0663. The number of hydrogen-bond donors (Lipinski definition) is 1. The number of nitrogens with one attached hydrogen (secondary N) is 1. The average molecular weight is 342 g/mol. The van der Waals surface area contributed by atoms with Gasteiger partial charge >= 0.3 is 0 Å². The first-order chi connectivity index (χ1) is 11.9. The molecule has 1 amide bonds. The normalized spacial score (nSPS) is 13.6. The van der Waals surface area contributed by atoms with Crippen molar-refractivity contribution in [2.45, 2.75) is 38.8 Å². The Hall–Kier alpha value is -2.77. The minimum Gasteiger partial charge on any atom is -0.363 e. The summed E-state index contributed by atoms with van der Waals surface area (Å²) in [4.78, 5) is 39.0. The monoisotopic (exact) mass is 342 g/mol. The number of aryl methyl sites for hydroxylation is 1. The zero-order valence-corrected chi connectivity index (χ0v) is 14.7. The van der Waals surface area contributed by atoms with E-state index in [0.29, 0.717) is 11.7 Å². The van der Waals surface area contributed by atoms with E-state index in [0.717, 1.165) is 30.0 Å². The fraction of sp³-hybridized carbons (Fsp3) is 0.471. The summed E-state index contributed by atoms with van der Waals surface area (Å²) in [6.45, 7) is 2.03. The molecule has 0 atom stereocenters. The number of anilines is 1. The molecule has 0 bridgehead atoms. The van der Waals surface area contributed by atoms with E-state index in [9.17, 15) is 9.59 Å². The third kappa shape index (κ3) is 4.40. The summed E-state index contributed by atoms with van der Waals surface area (Å²) < 4.78 is 1.31. The van der Waals surface area contributed by atoms with Gasteiger partial charge in [0.05, 0.1) is 18.6 Å².